The molecule has 0 saturated carbocycles. The lowest BCUT2D eigenvalue weighted by Gasteiger charge is -2.02. The Morgan fingerprint density at radius 3 is 2.87 bits per heavy atom. The van der Waals surface area contributed by atoms with Gasteiger partial charge in [-0.25, -0.2) is 4.99 Å². The zero-order valence-corrected chi connectivity index (χ0v) is 8.10. The third-order valence-corrected chi connectivity index (χ3v) is 2.67. The number of nitrogens with zero attached hydrogens (tertiary/aromatic N) is 1. The number of hydrogen-bond donors (Lipinski definition) is 0. The van der Waals surface area contributed by atoms with Gasteiger partial charge in [0.25, 0.3) is 0 Å². The highest BCUT2D eigenvalue weighted by atomic mass is 16.1. The summed E-state index contributed by atoms with van der Waals surface area (Å²) in [4.78, 5) is 15.2. The van der Waals surface area contributed by atoms with Gasteiger partial charge in [0.2, 0.25) is 5.91 Å². The van der Waals surface area contributed by atoms with E-state index in [0.29, 0.717) is 6.42 Å². The lowest BCUT2D eigenvalue weighted by atomic mass is 10.1. The van der Waals surface area contributed by atoms with Crippen molar-refractivity contribution in [3.05, 3.63) is 47.0 Å². The minimum atomic E-state index is -0.0576. The average Bonchev–Trinajstić information content (AvgIpc) is 2.28. The largest absolute Gasteiger partial charge is 0.272 e. The molecule has 0 fully saturated rings. The van der Waals surface area contributed by atoms with Crippen molar-refractivity contribution in [1.29, 1.82) is 0 Å². The molecular formula is C13H9NO. The quantitative estimate of drug-likeness (QED) is 0.620. The van der Waals surface area contributed by atoms with Gasteiger partial charge >= 0.3 is 0 Å². The minimum absolute atomic E-state index is 0.0576. The Morgan fingerprint density at radius 1 is 1.07 bits per heavy atom. The van der Waals surface area contributed by atoms with E-state index in [0.717, 1.165) is 10.6 Å². The molecule has 15 heavy (non-hydrogen) atoms. The van der Waals surface area contributed by atoms with Crippen molar-refractivity contribution in [1.82, 2.24) is 0 Å². The van der Waals surface area contributed by atoms with E-state index in [1.54, 1.807) is 0 Å². The van der Waals surface area contributed by atoms with Crippen LogP contribution in [0.3, 0.4) is 0 Å². The van der Waals surface area contributed by atoms with Crippen LogP contribution in [0, 0.1) is 0 Å². The summed E-state index contributed by atoms with van der Waals surface area (Å²) in [5, 5.41) is 4.25. The van der Waals surface area contributed by atoms with Gasteiger partial charge < -0.3 is 0 Å². The van der Waals surface area contributed by atoms with Crippen LogP contribution in [0.4, 0.5) is 0 Å². The van der Waals surface area contributed by atoms with Crippen molar-refractivity contribution < 1.29 is 4.79 Å². The second-order valence-electron chi connectivity index (χ2n) is 3.63. The summed E-state index contributed by atoms with van der Waals surface area (Å²) >= 11 is 0. The number of fused-ring (bicyclic) bond motifs is 3. The van der Waals surface area contributed by atoms with E-state index in [1.165, 1.54) is 10.8 Å². The van der Waals surface area contributed by atoms with Gasteiger partial charge in [0, 0.05) is 11.6 Å². The Bertz CT molecular complexity index is 670. The van der Waals surface area contributed by atoms with Crippen LogP contribution >= 0.6 is 0 Å². The summed E-state index contributed by atoms with van der Waals surface area (Å²) in [6, 6.07) is 12.1. The summed E-state index contributed by atoms with van der Waals surface area (Å²) in [5.41, 5.74) is 0. The zero-order valence-electron chi connectivity index (χ0n) is 8.10. The van der Waals surface area contributed by atoms with Crippen molar-refractivity contribution in [2.24, 2.45) is 4.99 Å². The fourth-order valence-corrected chi connectivity index (χ4v) is 1.97. The van der Waals surface area contributed by atoms with E-state index in [9.17, 15) is 4.79 Å². The molecule has 0 bridgehead atoms. The minimum Gasteiger partial charge on any atom is -0.272 e. The standard InChI is InChI=1S/C13H9NO/c15-13-8-6-11-10-4-2-1-3-9(10)5-7-12(11)14-13/h1-7H,8H2. The second-order valence-corrected chi connectivity index (χ2v) is 3.63. The van der Waals surface area contributed by atoms with Crippen molar-refractivity contribution in [3.63, 3.8) is 0 Å². The van der Waals surface area contributed by atoms with E-state index in [4.69, 9.17) is 0 Å². The molecule has 1 amide bonds. The smallest absolute Gasteiger partial charge is 0.250 e. The Kier molecular flexibility index (Phi) is 1.68. The van der Waals surface area contributed by atoms with Gasteiger partial charge in [0.05, 0.1) is 5.36 Å². The molecule has 0 atom stereocenters. The van der Waals surface area contributed by atoms with Crippen LogP contribution in [0.5, 0.6) is 0 Å². The normalized spacial score (nSPS) is 14.3. The van der Waals surface area contributed by atoms with Gasteiger partial charge in [0.1, 0.15) is 0 Å². The van der Waals surface area contributed by atoms with Crippen molar-refractivity contribution in [2.75, 3.05) is 0 Å². The number of hydrogen-bond acceptors (Lipinski definition) is 1. The number of amides is 1. The fourth-order valence-electron chi connectivity index (χ4n) is 1.97. The average molecular weight is 195 g/mol. The maximum atomic E-state index is 11.2. The first-order valence-electron chi connectivity index (χ1n) is 4.94. The lowest BCUT2D eigenvalue weighted by molar-refractivity contribution is -0.117. The van der Waals surface area contributed by atoms with Crippen LogP contribution in [0.1, 0.15) is 6.42 Å². The van der Waals surface area contributed by atoms with Gasteiger partial charge in [-0.15, -0.1) is 0 Å². The highest BCUT2D eigenvalue weighted by Gasteiger charge is 2.04. The molecule has 3 rings (SSSR count). The maximum absolute atomic E-state index is 11.2. The van der Waals surface area contributed by atoms with Crippen LogP contribution in [0.25, 0.3) is 16.8 Å². The molecule has 0 spiro atoms. The molecule has 1 heterocycles. The van der Waals surface area contributed by atoms with Gasteiger partial charge in [-0.3, -0.25) is 4.79 Å². The molecule has 2 aromatic carbocycles. The summed E-state index contributed by atoms with van der Waals surface area (Å²) < 4.78 is 0. The monoisotopic (exact) mass is 195 g/mol. The summed E-state index contributed by atoms with van der Waals surface area (Å²) in [6.45, 7) is 0. The molecule has 0 aliphatic carbocycles. The Labute approximate surface area is 86.6 Å². The van der Waals surface area contributed by atoms with E-state index >= 15 is 0 Å². The van der Waals surface area contributed by atoms with Crippen molar-refractivity contribution in [3.8, 4) is 0 Å². The van der Waals surface area contributed by atoms with Crippen molar-refractivity contribution >= 4 is 22.8 Å². The Hall–Kier alpha value is -1.96. The molecule has 2 aromatic rings. The zero-order chi connectivity index (χ0) is 10.3. The van der Waals surface area contributed by atoms with E-state index in [2.05, 4.69) is 17.1 Å². The SMILES string of the molecule is O=C1CC=c2c(ccc3ccccc23)=N1. The van der Waals surface area contributed by atoms with Crippen molar-refractivity contribution in [2.45, 2.75) is 6.42 Å². The highest BCUT2D eigenvalue weighted by Crippen LogP contribution is 2.07. The molecule has 2 nitrogen and oxygen atoms in total. The van der Waals surface area contributed by atoms with Crippen LogP contribution in [-0.2, 0) is 4.79 Å². The molecule has 0 aromatic heterocycles. The van der Waals surface area contributed by atoms with E-state index < -0.39 is 0 Å². The molecular weight excluding hydrogens is 186 g/mol. The first kappa shape index (κ1) is 8.36. The van der Waals surface area contributed by atoms with Crippen LogP contribution in [-0.4, -0.2) is 5.91 Å². The molecule has 2 heteroatoms. The molecule has 1 aliphatic rings. The van der Waals surface area contributed by atoms with Gasteiger partial charge in [-0.2, -0.15) is 0 Å². The van der Waals surface area contributed by atoms with Crippen LogP contribution in [0.15, 0.2) is 41.4 Å². The molecule has 1 aliphatic heterocycles. The Balaban J connectivity index is 2.56. The molecule has 0 N–H and O–H groups in total. The first-order valence-corrected chi connectivity index (χ1v) is 4.94. The predicted molar refractivity (Wildman–Crippen MR) is 58.8 cm³/mol. The molecule has 0 unspecified atom stereocenters. The number of rotatable bonds is 0. The molecule has 72 valence electrons. The first-order chi connectivity index (χ1) is 7.34. The topological polar surface area (TPSA) is 29.4 Å². The third-order valence-electron chi connectivity index (χ3n) is 2.67. The fraction of sp³-hybridized carbons (Fsp3) is 0.0769. The Morgan fingerprint density at radius 2 is 1.93 bits per heavy atom. The van der Waals surface area contributed by atoms with Gasteiger partial charge in [-0.1, -0.05) is 36.4 Å². The number of carbonyl (C=O) groups is 1. The number of benzene rings is 2. The van der Waals surface area contributed by atoms with Crippen LogP contribution in [0.2, 0.25) is 0 Å². The highest BCUT2D eigenvalue weighted by molar-refractivity contribution is 5.88. The maximum Gasteiger partial charge on any atom is 0.250 e. The van der Waals surface area contributed by atoms with Gasteiger partial charge in [-0.05, 0) is 16.8 Å². The molecule has 0 saturated heterocycles. The summed E-state index contributed by atoms with van der Waals surface area (Å²) in [5.74, 6) is -0.0576. The van der Waals surface area contributed by atoms with E-state index in [1.807, 2.05) is 30.3 Å². The number of carbonyl (C=O) groups excluding carboxylic acids is 1. The molecule has 0 radical (unpaired) electrons. The second kappa shape index (κ2) is 3.02. The predicted octanol–water partition coefficient (Wildman–Crippen LogP) is 1.17. The van der Waals surface area contributed by atoms with Crippen LogP contribution < -0.4 is 10.6 Å². The summed E-state index contributed by atoms with van der Waals surface area (Å²) in [7, 11) is 0. The summed E-state index contributed by atoms with van der Waals surface area (Å²) in [6.07, 6.45) is 2.38. The van der Waals surface area contributed by atoms with Gasteiger partial charge in [0.15, 0.2) is 0 Å². The van der Waals surface area contributed by atoms with E-state index in [-0.39, 0.29) is 5.91 Å². The third kappa shape index (κ3) is 1.26. The lowest BCUT2D eigenvalue weighted by Crippen LogP contribution is -2.30.